The summed E-state index contributed by atoms with van der Waals surface area (Å²) < 4.78 is 7.78. The first-order valence-electron chi connectivity index (χ1n) is 9.41. The summed E-state index contributed by atoms with van der Waals surface area (Å²) >= 11 is 0. The second kappa shape index (κ2) is 10.9. The van der Waals surface area contributed by atoms with Crippen LogP contribution in [0.25, 0.3) is 5.69 Å². The highest BCUT2D eigenvalue weighted by molar-refractivity contribution is 5.85. The van der Waals surface area contributed by atoms with Crippen LogP contribution >= 0.6 is 24.8 Å². The van der Waals surface area contributed by atoms with Gasteiger partial charge in [0.2, 0.25) is 0 Å². The highest BCUT2D eigenvalue weighted by Crippen LogP contribution is 2.28. The summed E-state index contributed by atoms with van der Waals surface area (Å²) in [4.78, 5) is 6.65. The van der Waals surface area contributed by atoms with Crippen molar-refractivity contribution < 1.29 is 4.74 Å². The minimum atomic E-state index is 0. The van der Waals surface area contributed by atoms with E-state index in [1.165, 1.54) is 38.8 Å². The van der Waals surface area contributed by atoms with Gasteiger partial charge in [-0.05, 0) is 55.9 Å². The molecule has 6 nitrogen and oxygen atoms in total. The standard InChI is InChI=1S/C19H27N5O.2ClH/c1-3-17(23-11-9-20-10-12-23)4-2-16(1)13-25-19-7-5-18(6-8-19)24-15-21-14-22-24;;/h5-8,14-17,20H,1-4,9-13H2;2*1H/t16-,17-;;. The average molecular weight is 414 g/mol. The van der Waals surface area contributed by atoms with Crippen LogP contribution in [0.15, 0.2) is 36.9 Å². The number of ether oxygens (including phenoxy) is 1. The van der Waals surface area contributed by atoms with Crippen molar-refractivity contribution >= 4 is 24.8 Å². The largest absolute Gasteiger partial charge is 0.493 e. The van der Waals surface area contributed by atoms with Crippen molar-refractivity contribution in [1.82, 2.24) is 25.0 Å². The van der Waals surface area contributed by atoms with Crippen LogP contribution in [-0.4, -0.2) is 58.5 Å². The number of halogens is 2. The first kappa shape index (κ1) is 22.0. The van der Waals surface area contributed by atoms with E-state index in [4.69, 9.17) is 4.74 Å². The van der Waals surface area contributed by atoms with Crippen LogP contribution in [0, 0.1) is 5.92 Å². The van der Waals surface area contributed by atoms with E-state index in [1.807, 2.05) is 24.3 Å². The number of benzene rings is 1. The molecule has 0 atom stereocenters. The Balaban J connectivity index is 0.00000131. The zero-order valence-electron chi connectivity index (χ0n) is 15.5. The molecule has 150 valence electrons. The number of hydrogen-bond donors (Lipinski definition) is 1. The minimum Gasteiger partial charge on any atom is -0.493 e. The van der Waals surface area contributed by atoms with E-state index < -0.39 is 0 Å². The maximum atomic E-state index is 6.03. The van der Waals surface area contributed by atoms with Crippen LogP contribution in [-0.2, 0) is 0 Å². The van der Waals surface area contributed by atoms with E-state index in [2.05, 4.69) is 20.3 Å². The van der Waals surface area contributed by atoms with Crippen LogP contribution in [0.2, 0.25) is 0 Å². The van der Waals surface area contributed by atoms with Gasteiger partial charge >= 0.3 is 0 Å². The molecule has 4 rings (SSSR count). The van der Waals surface area contributed by atoms with E-state index in [0.29, 0.717) is 5.92 Å². The first-order valence-corrected chi connectivity index (χ1v) is 9.41. The Morgan fingerprint density at radius 2 is 1.70 bits per heavy atom. The Labute approximate surface area is 173 Å². The molecule has 2 aliphatic rings. The molecule has 1 aromatic heterocycles. The maximum absolute atomic E-state index is 6.03. The molecule has 1 aromatic carbocycles. The Morgan fingerprint density at radius 3 is 2.33 bits per heavy atom. The summed E-state index contributed by atoms with van der Waals surface area (Å²) in [5.41, 5.74) is 1.00. The van der Waals surface area contributed by atoms with Gasteiger partial charge in [0.05, 0.1) is 12.3 Å². The molecule has 0 radical (unpaired) electrons. The van der Waals surface area contributed by atoms with Crippen molar-refractivity contribution in [2.45, 2.75) is 31.7 Å². The van der Waals surface area contributed by atoms with E-state index in [0.717, 1.165) is 37.2 Å². The van der Waals surface area contributed by atoms with Gasteiger partial charge in [-0.3, -0.25) is 4.90 Å². The fourth-order valence-corrected chi connectivity index (χ4v) is 3.97. The van der Waals surface area contributed by atoms with Gasteiger partial charge in [-0.1, -0.05) is 0 Å². The lowest BCUT2D eigenvalue weighted by Gasteiger charge is -2.39. The van der Waals surface area contributed by atoms with Crippen molar-refractivity contribution in [2.24, 2.45) is 5.92 Å². The Bertz CT molecular complexity index is 639. The topological polar surface area (TPSA) is 55.2 Å². The van der Waals surface area contributed by atoms with Crippen LogP contribution in [0.3, 0.4) is 0 Å². The molecule has 27 heavy (non-hydrogen) atoms. The van der Waals surface area contributed by atoms with E-state index in [1.54, 1.807) is 17.3 Å². The molecular weight excluding hydrogens is 385 g/mol. The zero-order chi connectivity index (χ0) is 16.9. The summed E-state index contributed by atoms with van der Waals surface area (Å²) in [7, 11) is 0. The van der Waals surface area contributed by atoms with Crippen molar-refractivity contribution in [1.29, 1.82) is 0 Å². The molecular formula is C19H29Cl2N5O. The lowest BCUT2D eigenvalue weighted by molar-refractivity contribution is 0.106. The van der Waals surface area contributed by atoms with Gasteiger partial charge in [0, 0.05) is 32.2 Å². The fourth-order valence-electron chi connectivity index (χ4n) is 3.97. The van der Waals surface area contributed by atoms with Crippen LogP contribution < -0.4 is 10.1 Å². The predicted octanol–water partition coefficient (Wildman–Crippen LogP) is 2.95. The number of aromatic nitrogens is 3. The van der Waals surface area contributed by atoms with Gasteiger partial charge in [-0.2, -0.15) is 5.10 Å². The fraction of sp³-hybridized carbons (Fsp3) is 0.579. The van der Waals surface area contributed by atoms with Gasteiger partial charge < -0.3 is 10.1 Å². The van der Waals surface area contributed by atoms with Crippen molar-refractivity contribution in [3.63, 3.8) is 0 Å². The van der Waals surface area contributed by atoms with E-state index in [-0.39, 0.29) is 24.8 Å². The van der Waals surface area contributed by atoms with Gasteiger partial charge in [-0.15, -0.1) is 24.8 Å². The summed E-state index contributed by atoms with van der Waals surface area (Å²) in [6.07, 6.45) is 8.45. The monoisotopic (exact) mass is 413 g/mol. The molecule has 0 unspecified atom stereocenters. The van der Waals surface area contributed by atoms with E-state index in [9.17, 15) is 0 Å². The van der Waals surface area contributed by atoms with Crippen molar-refractivity contribution in [2.75, 3.05) is 32.8 Å². The van der Waals surface area contributed by atoms with Crippen LogP contribution in [0.1, 0.15) is 25.7 Å². The highest BCUT2D eigenvalue weighted by Gasteiger charge is 2.26. The summed E-state index contributed by atoms with van der Waals surface area (Å²) in [5, 5.41) is 7.58. The summed E-state index contributed by atoms with van der Waals surface area (Å²) in [6, 6.07) is 8.86. The number of piperazine rings is 1. The van der Waals surface area contributed by atoms with Gasteiger partial charge in [-0.25, -0.2) is 9.67 Å². The molecule has 0 spiro atoms. The molecule has 0 bridgehead atoms. The summed E-state index contributed by atoms with van der Waals surface area (Å²) in [5.74, 6) is 1.63. The van der Waals surface area contributed by atoms with Crippen molar-refractivity contribution in [3.05, 3.63) is 36.9 Å². The third-order valence-corrected chi connectivity index (χ3v) is 5.49. The predicted molar refractivity (Wildman–Crippen MR) is 112 cm³/mol. The quantitative estimate of drug-likeness (QED) is 0.816. The molecule has 8 heteroatoms. The molecule has 1 N–H and O–H groups in total. The second-order valence-electron chi connectivity index (χ2n) is 7.11. The molecule has 0 amide bonds. The Morgan fingerprint density at radius 1 is 1.00 bits per heavy atom. The normalized spacial score (nSPS) is 23.1. The molecule has 1 aliphatic heterocycles. The third-order valence-electron chi connectivity index (χ3n) is 5.49. The number of nitrogens with zero attached hydrogens (tertiary/aromatic N) is 4. The van der Waals surface area contributed by atoms with Gasteiger partial charge in [0.15, 0.2) is 0 Å². The highest BCUT2D eigenvalue weighted by atomic mass is 35.5. The lowest BCUT2D eigenvalue weighted by atomic mass is 9.85. The third kappa shape index (κ3) is 5.82. The molecule has 1 aliphatic carbocycles. The number of rotatable bonds is 5. The maximum Gasteiger partial charge on any atom is 0.138 e. The number of nitrogens with one attached hydrogen (secondary N) is 1. The molecule has 1 saturated carbocycles. The number of hydrogen-bond acceptors (Lipinski definition) is 5. The lowest BCUT2D eigenvalue weighted by Crippen LogP contribution is -2.49. The van der Waals surface area contributed by atoms with Crippen LogP contribution in [0.5, 0.6) is 5.75 Å². The van der Waals surface area contributed by atoms with Crippen molar-refractivity contribution in [3.8, 4) is 11.4 Å². The average Bonchev–Trinajstić information content (AvgIpc) is 3.23. The zero-order valence-corrected chi connectivity index (χ0v) is 17.1. The molecule has 2 heterocycles. The molecule has 2 aromatic rings. The first-order chi connectivity index (χ1) is 12.4. The van der Waals surface area contributed by atoms with Gasteiger partial charge in [0.25, 0.3) is 0 Å². The Kier molecular flexibility index (Phi) is 8.83. The Hall–Kier alpha value is -1.34. The second-order valence-corrected chi connectivity index (χ2v) is 7.11. The smallest absolute Gasteiger partial charge is 0.138 e. The summed E-state index contributed by atoms with van der Waals surface area (Å²) in [6.45, 7) is 5.55. The van der Waals surface area contributed by atoms with Crippen LogP contribution in [0.4, 0.5) is 0 Å². The van der Waals surface area contributed by atoms with Gasteiger partial charge in [0.1, 0.15) is 18.4 Å². The molecule has 2 fully saturated rings. The minimum absolute atomic E-state index is 0. The SMILES string of the molecule is Cl.Cl.c1ncn(-c2ccc(OC[C@H]3CC[C@H](N4CCNCC4)CC3)cc2)n1. The molecule has 1 saturated heterocycles. The van der Waals surface area contributed by atoms with E-state index >= 15 is 0 Å².